The highest BCUT2D eigenvalue weighted by Crippen LogP contribution is 2.36. The van der Waals surface area contributed by atoms with Crippen LogP contribution in [0.25, 0.3) is 0 Å². The molecule has 1 heterocycles. The molecular formula is C12H7ClN2O4S. The molecule has 102 valence electrons. The van der Waals surface area contributed by atoms with E-state index >= 15 is 0 Å². The SMILES string of the molecule is O=C(O)c1cc(Sc2cc(Cl)ccc2[N+](=O)[O-])ccn1. The molecule has 8 heteroatoms. The van der Waals surface area contributed by atoms with Gasteiger partial charge in [-0.3, -0.25) is 10.1 Å². The smallest absolute Gasteiger partial charge is 0.354 e. The highest BCUT2D eigenvalue weighted by atomic mass is 35.5. The second kappa shape index (κ2) is 5.89. The number of hydrogen-bond acceptors (Lipinski definition) is 5. The predicted octanol–water partition coefficient (Wildman–Crippen LogP) is 3.49. The van der Waals surface area contributed by atoms with E-state index in [9.17, 15) is 14.9 Å². The summed E-state index contributed by atoms with van der Waals surface area (Å²) in [7, 11) is 0. The zero-order valence-corrected chi connectivity index (χ0v) is 11.4. The molecule has 0 radical (unpaired) electrons. The number of nitrogens with zero attached hydrogens (tertiary/aromatic N) is 2. The van der Waals surface area contributed by atoms with Crippen molar-refractivity contribution in [2.24, 2.45) is 0 Å². The van der Waals surface area contributed by atoms with E-state index in [2.05, 4.69) is 4.98 Å². The predicted molar refractivity (Wildman–Crippen MR) is 73.4 cm³/mol. The van der Waals surface area contributed by atoms with Gasteiger partial charge >= 0.3 is 5.97 Å². The van der Waals surface area contributed by atoms with Gasteiger partial charge in [0.25, 0.3) is 5.69 Å². The first-order chi connectivity index (χ1) is 9.47. The van der Waals surface area contributed by atoms with Gasteiger partial charge < -0.3 is 5.11 Å². The van der Waals surface area contributed by atoms with Crippen LogP contribution >= 0.6 is 23.4 Å². The van der Waals surface area contributed by atoms with Crippen molar-refractivity contribution in [3.63, 3.8) is 0 Å². The Kier molecular flexibility index (Phi) is 4.21. The van der Waals surface area contributed by atoms with E-state index in [4.69, 9.17) is 16.7 Å². The first-order valence-electron chi connectivity index (χ1n) is 5.28. The number of carboxylic acids is 1. The van der Waals surface area contributed by atoms with Crippen molar-refractivity contribution in [3.8, 4) is 0 Å². The molecule has 0 bridgehead atoms. The van der Waals surface area contributed by atoms with E-state index in [1.807, 2.05) is 0 Å². The van der Waals surface area contributed by atoms with Gasteiger partial charge in [0.1, 0.15) is 5.69 Å². The quantitative estimate of drug-likeness (QED) is 0.686. The number of nitro groups is 1. The highest BCUT2D eigenvalue weighted by Gasteiger charge is 2.16. The highest BCUT2D eigenvalue weighted by molar-refractivity contribution is 7.99. The first-order valence-corrected chi connectivity index (χ1v) is 6.48. The second-order valence-electron chi connectivity index (χ2n) is 3.65. The molecule has 1 aromatic heterocycles. The minimum atomic E-state index is -1.16. The number of hydrogen-bond donors (Lipinski definition) is 1. The fourth-order valence-corrected chi connectivity index (χ4v) is 2.66. The van der Waals surface area contributed by atoms with Gasteiger partial charge in [0.05, 0.1) is 9.82 Å². The Morgan fingerprint density at radius 3 is 2.75 bits per heavy atom. The Morgan fingerprint density at radius 1 is 1.35 bits per heavy atom. The van der Waals surface area contributed by atoms with E-state index in [1.54, 1.807) is 6.07 Å². The van der Waals surface area contributed by atoms with Crippen LogP contribution in [0.15, 0.2) is 46.3 Å². The van der Waals surface area contributed by atoms with Gasteiger partial charge in [0, 0.05) is 22.2 Å². The van der Waals surface area contributed by atoms with E-state index < -0.39 is 10.9 Å². The fourth-order valence-electron chi connectivity index (χ4n) is 1.44. The van der Waals surface area contributed by atoms with E-state index in [-0.39, 0.29) is 11.4 Å². The lowest BCUT2D eigenvalue weighted by atomic mass is 10.3. The summed E-state index contributed by atoms with van der Waals surface area (Å²) in [5, 5.41) is 20.2. The second-order valence-corrected chi connectivity index (χ2v) is 5.20. The summed E-state index contributed by atoms with van der Waals surface area (Å²) in [5.41, 5.74) is -0.215. The third-order valence-corrected chi connectivity index (χ3v) is 3.57. The van der Waals surface area contributed by atoms with Crippen LogP contribution in [0, 0.1) is 10.1 Å². The number of aromatic nitrogens is 1. The number of benzene rings is 1. The third-order valence-electron chi connectivity index (χ3n) is 2.30. The van der Waals surface area contributed by atoms with Crippen LogP contribution in [0.5, 0.6) is 0 Å². The van der Waals surface area contributed by atoms with Crippen LogP contribution in [0.2, 0.25) is 5.02 Å². The van der Waals surface area contributed by atoms with Gasteiger partial charge in [-0.25, -0.2) is 9.78 Å². The molecule has 1 aromatic carbocycles. The number of nitro benzene ring substituents is 1. The summed E-state index contributed by atoms with van der Waals surface area (Å²) in [4.78, 5) is 25.8. The molecule has 6 nitrogen and oxygen atoms in total. The van der Waals surface area contributed by atoms with Crippen molar-refractivity contribution < 1.29 is 14.8 Å². The van der Waals surface area contributed by atoms with Gasteiger partial charge in [0.15, 0.2) is 0 Å². The van der Waals surface area contributed by atoms with Crippen molar-refractivity contribution >= 4 is 35.0 Å². The minimum Gasteiger partial charge on any atom is -0.477 e. The van der Waals surface area contributed by atoms with E-state index in [0.29, 0.717) is 14.8 Å². The summed E-state index contributed by atoms with van der Waals surface area (Å²) in [5.74, 6) is -1.16. The van der Waals surface area contributed by atoms with Gasteiger partial charge in [-0.05, 0) is 24.3 Å². The first kappa shape index (κ1) is 14.3. The fraction of sp³-hybridized carbons (Fsp3) is 0. The maximum absolute atomic E-state index is 10.9. The maximum Gasteiger partial charge on any atom is 0.354 e. The number of pyridine rings is 1. The van der Waals surface area contributed by atoms with Crippen LogP contribution < -0.4 is 0 Å². The van der Waals surface area contributed by atoms with E-state index in [1.165, 1.54) is 30.5 Å². The summed E-state index contributed by atoms with van der Waals surface area (Å²) in [6.07, 6.45) is 1.34. The molecule has 20 heavy (non-hydrogen) atoms. The number of rotatable bonds is 4. The molecule has 0 spiro atoms. The zero-order valence-electron chi connectivity index (χ0n) is 9.82. The Morgan fingerprint density at radius 2 is 2.10 bits per heavy atom. The molecule has 0 saturated heterocycles. The zero-order chi connectivity index (χ0) is 14.7. The Bertz CT molecular complexity index is 693. The Balaban J connectivity index is 2.39. The maximum atomic E-state index is 10.9. The average molecular weight is 311 g/mol. The Hall–Kier alpha value is -2.12. The van der Waals surface area contributed by atoms with Crippen molar-refractivity contribution in [1.82, 2.24) is 4.98 Å². The lowest BCUT2D eigenvalue weighted by Gasteiger charge is -2.04. The molecule has 0 amide bonds. The summed E-state index contributed by atoms with van der Waals surface area (Å²) in [6.45, 7) is 0. The van der Waals surface area contributed by atoms with Gasteiger partial charge in [-0.15, -0.1) is 0 Å². The van der Waals surface area contributed by atoms with Crippen LogP contribution in [0.1, 0.15) is 10.5 Å². The number of carbonyl (C=O) groups is 1. The molecule has 0 saturated carbocycles. The molecule has 0 aliphatic carbocycles. The summed E-state index contributed by atoms with van der Waals surface area (Å²) < 4.78 is 0. The average Bonchev–Trinajstić information content (AvgIpc) is 2.38. The topological polar surface area (TPSA) is 93.3 Å². The molecule has 0 fully saturated rings. The van der Waals surface area contributed by atoms with Gasteiger partial charge in [-0.1, -0.05) is 23.4 Å². The standard InChI is InChI=1S/C12H7ClN2O4S/c13-7-1-2-10(15(18)19)11(5-7)20-8-3-4-14-9(6-8)12(16)17/h1-6H,(H,16,17). The lowest BCUT2D eigenvalue weighted by Crippen LogP contribution is -1.99. The monoisotopic (exact) mass is 310 g/mol. The van der Waals surface area contributed by atoms with Crippen LogP contribution in [0.3, 0.4) is 0 Å². The molecular weight excluding hydrogens is 304 g/mol. The van der Waals surface area contributed by atoms with Crippen molar-refractivity contribution in [3.05, 3.63) is 57.4 Å². The molecule has 0 unspecified atom stereocenters. The summed E-state index contributed by atoms with van der Waals surface area (Å²) in [6, 6.07) is 7.12. The van der Waals surface area contributed by atoms with Gasteiger partial charge in [-0.2, -0.15) is 0 Å². The molecule has 0 atom stereocenters. The third kappa shape index (κ3) is 3.25. The normalized spacial score (nSPS) is 10.2. The largest absolute Gasteiger partial charge is 0.477 e. The molecule has 1 N–H and O–H groups in total. The summed E-state index contributed by atoms with van der Waals surface area (Å²) >= 11 is 6.89. The number of halogens is 1. The minimum absolute atomic E-state index is 0.0897. The number of aromatic carboxylic acids is 1. The van der Waals surface area contributed by atoms with Crippen LogP contribution in [0.4, 0.5) is 5.69 Å². The van der Waals surface area contributed by atoms with Crippen molar-refractivity contribution in [1.29, 1.82) is 0 Å². The molecule has 2 aromatic rings. The Labute approximate surface area is 122 Å². The van der Waals surface area contributed by atoms with Crippen LogP contribution in [-0.2, 0) is 0 Å². The number of carboxylic acid groups (broad SMARTS) is 1. The lowest BCUT2D eigenvalue weighted by molar-refractivity contribution is -0.387. The van der Waals surface area contributed by atoms with Crippen molar-refractivity contribution in [2.75, 3.05) is 0 Å². The molecule has 0 aliphatic heterocycles. The van der Waals surface area contributed by atoms with Crippen molar-refractivity contribution in [2.45, 2.75) is 9.79 Å². The molecule has 2 rings (SSSR count). The van der Waals surface area contributed by atoms with E-state index in [0.717, 1.165) is 11.8 Å². The van der Waals surface area contributed by atoms with Crippen LogP contribution in [-0.4, -0.2) is 21.0 Å². The van der Waals surface area contributed by atoms with Gasteiger partial charge in [0.2, 0.25) is 0 Å². The molecule has 0 aliphatic rings.